The summed E-state index contributed by atoms with van der Waals surface area (Å²) in [6, 6.07) is 5.73. The van der Waals surface area contributed by atoms with Crippen LogP contribution in [-0.4, -0.2) is 10.3 Å². The Morgan fingerprint density at radius 3 is 2.93 bits per heavy atom. The van der Waals surface area contributed by atoms with Gasteiger partial charge in [0, 0.05) is 9.86 Å². The second-order valence-corrected chi connectivity index (χ2v) is 4.62. The number of hydrogen-bond donors (Lipinski definition) is 1. The first-order valence-corrected chi connectivity index (χ1v) is 5.26. The van der Waals surface area contributed by atoms with E-state index >= 15 is 0 Å². The molecule has 1 saturated carbocycles. The number of rotatable bonds is 1. The van der Waals surface area contributed by atoms with E-state index in [-0.39, 0.29) is 0 Å². The van der Waals surface area contributed by atoms with Crippen molar-refractivity contribution < 1.29 is 9.63 Å². The van der Waals surface area contributed by atoms with Crippen LogP contribution in [-0.2, 0) is 5.60 Å². The molecule has 1 aromatic carbocycles. The summed E-state index contributed by atoms with van der Waals surface area (Å²) in [5.74, 6) is 0.611. The largest absolute Gasteiger partial charge is 0.382 e. The van der Waals surface area contributed by atoms with Gasteiger partial charge in [-0.05, 0) is 31.0 Å². The Balaban J connectivity index is 2.27. The zero-order chi connectivity index (χ0) is 9.76. The van der Waals surface area contributed by atoms with Crippen molar-refractivity contribution in [2.75, 3.05) is 0 Å². The maximum Gasteiger partial charge on any atom is 0.176 e. The van der Waals surface area contributed by atoms with Crippen molar-refractivity contribution in [3.63, 3.8) is 0 Å². The molecule has 1 N–H and O–H groups in total. The number of nitrogens with zero attached hydrogens (tertiary/aromatic N) is 1. The lowest BCUT2D eigenvalue weighted by Gasteiger charge is -2.01. The van der Waals surface area contributed by atoms with Crippen LogP contribution in [0.25, 0.3) is 10.9 Å². The topological polar surface area (TPSA) is 46.3 Å². The van der Waals surface area contributed by atoms with Crippen molar-refractivity contribution in [2.24, 2.45) is 0 Å². The van der Waals surface area contributed by atoms with Gasteiger partial charge in [0.05, 0.1) is 0 Å². The normalized spacial score (nSPS) is 18.7. The predicted molar refractivity (Wildman–Crippen MR) is 54.8 cm³/mol. The van der Waals surface area contributed by atoms with E-state index in [1.54, 1.807) is 0 Å². The minimum absolute atomic E-state index is 0.611. The third kappa shape index (κ3) is 1.11. The molecule has 0 unspecified atom stereocenters. The van der Waals surface area contributed by atoms with Crippen LogP contribution in [0, 0.1) is 0 Å². The van der Waals surface area contributed by atoms with E-state index < -0.39 is 5.60 Å². The summed E-state index contributed by atoms with van der Waals surface area (Å²) in [6.07, 6.45) is 1.54. The highest BCUT2D eigenvalue weighted by atomic mass is 79.9. The molecular weight excluding hydrogens is 246 g/mol. The minimum Gasteiger partial charge on any atom is -0.382 e. The van der Waals surface area contributed by atoms with E-state index in [1.165, 1.54) is 0 Å². The lowest BCUT2D eigenvalue weighted by atomic mass is 10.1. The Kier molecular flexibility index (Phi) is 1.56. The third-order valence-electron chi connectivity index (χ3n) is 2.59. The van der Waals surface area contributed by atoms with E-state index in [1.807, 2.05) is 18.2 Å². The first kappa shape index (κ1) is 8.44. The first-order chi connectivity index (χ1) is 6.69. The highest BCUT2D eigenvalue weighted by Gasteiger charge is 2.47. The summed E-state index contributed by atoms with van der Waals surface area (Å²) < 4.78 is 6.14. The van der Waals surface area contributed by atoms with Gasteiger partial charge in [0.1, 0.15) is 11.1 Å². The Labute approximate surface area is 88.8 Å². The molecule has 0 saturated heterocycles. The summed E-state index contributed by atoms with van der Waals surface area (Å²) in [5, 5.41) is 14.7. The zero-order valence-electron chi connectivity index (χ0n) is 7.33. The van der Waals surface area contributed by atoms with Gasteiger partial charge in [-0.2, -0.15) is 0 Å². The number of benzene rings is 1. The van der Waals surface area contributed by atoms with Crippen LogP contribution in [0.2, 0.25) is 0 Å². The second-order valence-electron chi connectivity index (χ2n) is 3.70. The molecule has 1 heterocycles. The average Bonchev–Trinajstić information content (AvgIpc) is 2.77. The van der Waals surface area contributed by atoms with Gasteiger partial charge >= 0.3 is 0 Å². The van der Waals surface area contributed by atoms with Gasteiger partial charge < -0.3 is 9.63 Å². The lowest BCUT2D eigenvalue weighted by Crippen LogP contribution is -2.02. The van der Waals surface area contributed by atoms with Crippen LogP contribution in [0.4, 0.5) is 0 Å². The molecule has 0 bridgehead atoms. The Morgan fingerprint density at radius 2 is 2.21 bits per heavy atom. The molecule has 3 rings (SSSR count). The molecule has 0 aliphatic heterocycles. The van der Waals surface area contributed by atoms with E-state index in [0.29, 0.717) is 5.76 Å². The molecule has 0 amide bonds. The van der Waals surface area contributed by atoms with Crippen LogP contribution in [0.5, 0.6) is 0 Å². The van der Waals surface area contributed by atoms with Gasteiger partial charge in [-0.1, -0.05) is 21.1 Å². The maximum absolute atomic E-state index is 9.91. The summed E-state index contributed by atoms with van der Waals surface area (Å²) in [7, 11) is 0. The van der Waals surface area contributed by atoms with Crippen LogP contribution in [0.3, 0.4) is 0 Å². The first-order valence-electron chi connectivity index (χ1n) is 4.47. The highest BCUT2D eigenvalue weighted by Crippen LogP contribution is 2.47. The van der Waals surface area contributed by atoms with Crippen molar-refractivity contribution in [1.29, 1.82) is 0 Å². The number of halogens is 1. The zero-order valence-corrected chi connectivity index (χ0v) is 8.91. The Hall–Kier alpha value is -0.870. The molecule has 1 aromatic heterocycles. The summed E-state index contributed by atoms with van der Waals surface area (Å²) in [5.41, 5.74) is 0.0393. The van der Waals surface area contributed by atoms with Gasteiger partial charge in [0.25, 0.3) is 0 Å². The van der Waals surface area contributed by atoms with Crippen LogP contribution in [0.15, 0.2) is 27.2 Å². The molecular formula is C10H8BrNO2. The fourth-order valence-corrected chi connectivity index (χ4v) is 1.95. The molecule has 0 radical (unpaired) electrons. The number of fused-ring (bicyclic) bond motifs is 1. The molecule has 4 heteroatoms. The molecule has 0 spiro atoms. The molecule has 14 heavy (non-hydrogen) atoms. The number of hydrogen-bond acceptors (Lipinski definition) is 3. The molecule has 1 fully saturated rings. The summed E-state index contributed by atoms with van der Waals surface area (Å²) in [4.78, 5) is 0. The van der Waals surface area contributed by atoms with E-state index in [2.05, 4.69) is 21.1 Å². The fourth-order valence-electron chi connectivity index (χ4n) is 1.60. The minimum atomic E-state index is -0.747. The molecule has 2 aromatic rings. The van der Waals surface area contributed by atoms with Gasteiger partial charge in [-0.15, -0.1) is 0 Å². The highest BCUT2D eigenvalue weighted by molar-refractivity contribution is 9.10. The fraction of sp³-hybridized carbons (Fsp3) is 0.300. The lowest BCUT2D eigenvalue weighted by molar-refractivity contribution is 0.116. The van der Waals surface area contributed by atoms with Gasteiger partial charge in [-0.25, -0.2) is 0 Å². The average molecular weight is 254 g/mol. The third-order valence-corrected chi connectivity index (χ3v) is 3.08. The van der Waals surface area contributed by atoms with Crippen molar-refractivity contribution in [2.45, 2.75) is 18.4 Å². The smallest absolute Gasteiger partial charge is 0.176 e. The van der Waals surface area contributed by atoms with Gasteiger partial charge in [0.15, 0.2) is 5.76 Å². The van der Waals surface area contributed by atoms with E-state index in [9.17, 15) is 5.11 Å². The monoisotopic (exact) mass is 253 g/mol. The SMILES string of the molecule is OC1(c2onc3cc(Br)ccc23)CC1. The second kappa shape index (κ2) is 2.58. The van der Waals surface area contributed by atoms with E-state index in [0.717, 1.165) is 28.2 Å². The van der Waals surface area contributed by atoms with Crippen LogP contribution >= 0.6 is 15.9 Å². The molecule has 1 aliphatic rings. The predicted octanol–water partition coefficient (Wildman–Crippen LogP) is 2.57. The Morgan fingerprint density at radius 1 is 1.43 bits per heavy atom. The van der Waals surface area contributed by atoms with Crippen LogP contribution < -0.4 is 0 Å². The molecule has 0 atom stereocenters. The van der Waals surface area contributed by atoms with Crippen LogP contribution in [0.1, 0.15) is 18.6 Å². The molecule has 72 valence electrons. The van der Waals surface area contributed by atoms with Gasteiger partial charge in [-0.3, -0.25) is 0 Å². The number of aromatic nitrogens is 1. The Bertz CT molecular complexity index is 502. The summed E-state index contributed by atoms with van der Waals surface area (Å²) >= 11 is 3.36. The van der Waals surface area contributed by atoms with Crippen molar-refractivity contribution in [3.8, 4) is 0 Å². The van der Waals surface area contributed by atoms with Crippen molar-refractivity contribution in [1.82, 2.24) is 5.16 Å². The molecule has 1 aliphatic carbocycles. The quantitative estimate of drug-likeness (QED) is 0.850. The maximum atomic E-state index is 9.91. The van der Waals surface area contributed by atoms with Crippen molar-refractivity contribution in [3.05, 3.63) is 28.4 Å². The standard InChI is InChI=1S/C10H8BrNO2/c11-6-1-2-7-8(5-6)12-14-9(7)10(13)3-4-10/h1-2,5,13H,3-4H2. The number of aliphatic hydroxyl groups is 1. The van der Waals surface area contributed by atoms with Gasteiger partial charge in [0.2, 0.25) is 0 Å². The molecule has 3 nitrogen and oxygen atoms in total. The summed E-state index contributed by atoms with van der Waals surface area (Å²) in [6.45, 7) is 0. The van der Waals surface area contributed by atoms with Crippen molar-refractivity contribution >= 4 is 26.8 Å². The van der Waals surface area contributed by atoms with E-state index in [4.69, 9.17) is 4.52 Å².